The van der Waals surface area contributed by atoms with Crippen LogP contribution in [-0.2, 0) is 6.42 Å². The Morgan fingerprint density at radius 3 is 2.45 bits per heavy atom. The Morgan fingerprint density at radius 2 is 1.75 bits per heavy atom. The van der Waals surface area contributed by atoms with Gasteiger partial charge in [-0.15, -0.1) is 0 Å². The van der Waals surface area contributed by atoms with Crippen LogP contribution < -0.4 is 0 Å². The maximum atomic E-state index is 9.04. The van der Waals surface area contributed by atoms with Crippen LogP contribution in [0.2, 0.25) is 10.0 Å². The molecular weight excluding hydrogens is 293 g/mol. The predicted octanol–water partition coefficient (Wildman–Crippen LogP) is 4.37. The summed E-state index contributed by atoms with van der Waals surface area (Å²) in [5.74, 6) is 0. The molecule has 0 aliphatic heterocycles. The Bertz CT molecular complexity index is 813. The number of imidazole rings is 1. The highest BCUT2D eigenvalue weighted by Crippen LogP contribution is 2.27. The Hall–Kier alpha value is -2.02. The molecule has 0 saturated carbocycles. The number of fused-ring (bicyclic) bond motifs is 1. The van der Waals surface area contributed by atoms with Crippen molar-refractivity contribution in [3.8, 4) is 17.3 Å². The van der Waals surface area contributed by atoms with Gasteiger partial charge in [0.15, 0.2) is 0 Å². The first-order chi connectivity index (χ1) is 9.69. The first-order valence-corrected chi connectivity index (χ1v) is 6.74. The summed E-state index contributed by atoms with van der Waals surface area (Å²) in [7, 11) is 0. The zero-order valence-electron chi connectivity index (χ0n) is 10.3. The molecule has 2 aromatic heterocycles. The van der Waals surface area contributed by atoms with Crippen molar-refractivity contribution < 1.29 is 0 Å². The number of nitrogens with zero attached hydrogens (tertiary/aromatic N) is 3. The van der Waals surface area contributed by atoms with E-state index in [2.05, 4.69) is 11.1 Å². The van der Waals surface area contributed by atoms with Crippen molar-refractivity contribution in [1.82, 2.24) is 9.38 Å². The summed E-state index contributed by atoms with van der Waals surface area (Å²) in [5.41, 5.74) is 3.31. The Kier molecular flexibility index (Phi) is 3.35. The first-order valence-electron chi connectivity index (χ1n) is 5.98. The third kappa shape index (κ3) is 2.24. The van der Waals surface area contributed by atoms with Crippen LogP contribution in [0.15, 0.2) is 42.6 Å². The van der Waals surface area contributed by atoms with Gasteiger partial charge < -0.3 is 4.40 Å². The van der Waals surface area contributed by atoms with E-state index in [9.17, 15) is 0 Å². The topological polar surface area (TPSA) is 41.1 Å². The van der Waals surface area contributed by atoms with Crippen LogP contribution in [0.5, 0.6) is 0 Å². The standard InChI is InChI=1S/C15H9Cl2N3/c16-11-3-1-10(2-4-11)15-13(7-8-18)20-9-12(17)5-6-14(20)19-15/h1-6,9H,7H2. The van der Waals surface area contributed by atoms with Gasteiger partial charge in [-0.1, -0.05) is 35.3 Å². The van der Waals surface area contributed by atoms with Gasteiger partial charge >= 0.3 is 0 Å². The smallest absolute Gasteiger partial charge is 0.137 e. The quantitative estimate of drug-likeness (QED) is 0.705. The van der Waals surface area contributed by atoms with Crippen molar-refractivity contribution in [3.05, 3.63) is 58.3 Å². The molecule has 0 N–H and O–H groups in total. The summed E-state index contributed by atoms with van der Waals surface area (Å²) >= 11 is 11.9. The number of nitriles is 1. The number of hydrogen-bond acceptors (Lipinski definition) is 2. The lowest BCUT2D eigenvalue weighted by atomic mass is 10.1. The molecule has 5 heteroatoms. The highest BCUT2D eigenvalue weighted by atomic mass is 35.5. The molecule has 0 unspecified atom stereocenters. The second-order valence-corrected chi connectivity index (χ2v) is 5.20. The first kappa shape index (κ1) is 13.0. The van der Waals surface area contributed by atoms with E-state index in [4.69, 9.17) is 28.5 Å². The highest BCUT2D eigenvalue weighted by molar-refractivity contribution is 6.30. The summed E-state index contributed by atoms with van der Waals surface area (Å²) in [6.45, 7) is 0. The Balaban J connectivity index is 2.26. The number of pyridine rings is 1. The van der Waals surface area contributed by atoms with E-state index >= 15 is 0 Å². The summed E-state index contributed by atoms with van der Waals surface area (Å²) in [5, 5.41) is 10.3. The molecule has 3 nitrogen and oxygen atoms in total. The van der Waals surface area contributed by atoms with Gasteiger partial charge in [-0.2, -0.15) is 5.26 Å². The molecule has 0 fully saturated rings. The molecule has 0 aliphatic carbocycles. The number of aromatic nitrogens is 2. The van der Waals surface area contributed by atoms with Crippen LogP contribution in [-0.4, -0.2) is 9.38 Å². The summed E-state index contributed by atoms with van der Waals surface area (Å²) in [4.78, 5) is 4.58. The fourth-order valence-corrected chi connectivity index (χ4v) is 2.44. The van der Waals surface area contributed by atoms with Gasteiger partial charge in [0.2, 0.25) is 0 Å². The van der Waals surface area contributed by atoms with Crippen molar-refractivity contribution in [2.24, 2.45) is 0 Å². The average molecular weight is 302 g/mol. The molecule has 20 heavy (non-hydrogen) atoms. The van der Waals surface area contributed by atoms with E-state index in [1.54, 1.807) is 12.3 Å². The largest absolute Gasteiger partial charge is 0.301 e. The fourth-order valence-electron chi connectivity index (χ4n) is 2.15. The zero-order chi connectivity index (χ0) is 14.1. The number of benzene rings is 1. The van der Waals surface area contributed by atoms with Crippen molar-refractivity contribution >= 4 is 28.8 Å². The Labute approximate surface area is 126 Å². The molecule has 0 radical (unpaired) electrons. The molecule has 0 amide bonds. The third-order valence-corrected chi connectivity index (χ3v) is 3.52. The molecule has 0 bridgehead atoms. The van der Waals surface area contributed by atoms with Gasteiger partial charge in [-0.05, 0) is 24.3 Å². The molecule has 98 valence electrons. The van der Waals surface area contributed by atoms with Crippen LogP contribution in [0.1, 0.15) is 5.69 Å². The van der Waals surface area contributed by atoms with Gasteiger partial charge in [0.05, 0.1) is 28.9 Å². The summed E-state index contributed by atoms with van der Waals surface area (Å²) in [6, 6.07) is 13.2. The van der Waals surface area contributed by atoms with Crippen molar-refractivity contribution in [1.29, 1.82) is 5.26 Å². The van der Waals surface area contributed by atoms with Crippen molar-refractivity contribution in [3.63, 3.8) is 0 Å². The van der Waals surface area contributed by atoms with Gasteiger partial charge in [-0.25, -0.2) is 4.98 Å². The predicted molar refractivity (Wildman–Crippen MR) is 80.0 cm³/mol. The van der Waals surface area contributed by atoms with Crippen molar-refractivity contribution in [2.45, 2.75) is 6.42 Å². The SMILES string of the molecule is N#CCc1c(-c2ccc(Cl)cc2)nc2ccc(Cl)cn12. The molecule has 1 aromatic carbocycles. The van der Waals surface area contributed by atoms with Crippen LogP contribution in [0.4, 0.5) is 0 Å². The maximum Gasteiger partial charge on any atom is 0.137 e. The van der Waals surface area contributed by atoms with Gasteiger partial charge in [0.1, 0.15) is 5.65 Å². The lowest BCUT2D eigenvalue weighted by Gasteiger charge is -2.02. The van der Waals surface area contributed by atoms with E-state index in [0.717, 1.165) is 22.6 Å². The number of halogens is 2. The zero-order valence-corrected chi connectivity index (χ0v) is 11.9. The summed E-state index contributed by atoms with van der Waals surface area (Å²) < 4.78 is 1.86. The molecule has 0 atom stereocenters. The molecule has 3 rings (SSSR count). The molecular formula is C15H9Cl2N3. The van der Waals surface area contributed by atoms with E-state index in [0.29, 0.717) is 10.0 Å². The fraction of sp³-hybridized carbons (Fsp3) is 0.0667. The molecule has 0 aliphatic rings. The van der Waals surface area contributed by atoms with Crippen LogP contribution in [0.3, 0.4) is 0 Å². The minimum Gasteiger partial charge on any atom is -0.301 e. The summed E-state index contributed by atoms with van der Waals surface area (Å²) in [6.07, 6.45) is 2.04. The monoisotopic (exact) mass is 301 g/mol. The van der Waals surface area contributed by atoms with Crippen molar-refractivity contribution in [2.75, 3.05) is 0 Å². The molecule has 2 heterocycles. The highest BCUT2D eigenvalue weighted by Gasteiger charge is 2.13. The molecule has 3 aromatic rings. The minimum atomic E-state index is 0.263. The van der Waals surface area contributed by atoms with E-state index in [1.165, 1.54) is 0 Å². The van der Waals surface area contributed by atoms with Crippen LogP contribution in [0, 0.1) is 11.3 Å². The number of hydrogen-bond donors (Lipinski definition) is 0. The lowest BCUT2D eigenvalue weighted by molar-refractivity contribution is 1.06. The van der Waals surface area contributed by atoms with Crippen LogP contribution >= 0.6 is 23.2 Å². The molecule has 0 saturated heterocycles. The van der Waals surface area contributed by atoms with E-state index < -0.39 is 0 Å². The van der Waals surface area contributed by atoms with E-state index in [1.807, 2.05) is 34.7 Å². The minimum absolute atomic E-state index is 0.263. The molecule has 0 spiro atoms. The second kappa shape index (κ2) is 5.16. The third-order valence-electron chi connectivity index (χ3n) is 3.05. The Morgan fingerprint density at radius 1 is 1.05 bits per heavy atom. The second-order valence-electron chi connectivity index (χ2n) is 4.32. The average Bonchev–Trinajstić information content (AvgIpc) is 2.79. The lowest BCUT2D eigenvalue weighted by Crippen LogP contribution is -1.93. The van der Waals surface area contributed by atoms with Gasteiger partial charge in [-0.3, -0.25) is 0 Å². The van der Waals surface area contributed by atoms with Crippen LogP contribution in [0.25, 0.3) is 16.9 Å². The van der Waals surface area contributed by atoms with E-state index in [-0.39, 0.29) is 6.42 Å². The van der Waals surface area contributed by atoms with Gasteiger partial charge in [0, 0.05) is 16.8 Å². The van der Waals surface area contributed by atoms with Gasteiger partial charge in [0.25, 0.3) is 0 Å². The number of rotatable bonds is 2. The maximum absolute atomic E-state index is 9.04. The normalized spacial score (nSPS) is 10.7.